The lowest BCUT2D eigenvalue weighted by molar-refractivity contribution is -0.355. The molecular formula is C11H11F3O5. The first-order valence-corrected chi connectivity index (χ1v) is 5.00. The number of hydrogen-bond donors (Lipinski definition) is 2. The summed E-state index contributed by atoms with van der Waals surface area (Å²) in [4.78, 5) is 11.1. The maximum atomic E-state index is 12.1. The van der Waals surface area contributed by atoms with Gasteiger partial charge in [-0.25, -0.2) is 4.79 Å². The Morgan fingerprint density at radius 2 is 1.74 bits per heavy atom. The second-order valence-corrected chi connectivity index (χ2v) is 3.62. The van der Waals surface area contributed by atoms with Crippen molar-refractivity contribution in [3.8, 4) is 5.75 Å². The van der Waals surface area contributed by atoms with Gasteiger partial charge in [0.25, 0.3) is 5.79 Å². The summed E-state index contributed by atoms with van der Waals surface area (Å²) >= 11 is 0. The van der Waals surface area contributed by atoms with Crippen molar-refractivity contribution in [2.45, 2.75) is 12.0 Å². The predicted molar refractivity (Wildman–Crippen MR) is 56.5 cm³/mol. The number of benzene rings is 1. The van der Waals surface area contributed by atoms with Crippen LogP contribution in [0.3, 0.4) is 0 Å². The van der Waals surface area contributed by atoms with Gasteiger partial charge < -0.3 is 19.7 Å². The number of ether oxygens (including phenoxy) is 2. The molecule has 19 heavy (non-hydrogen) atoms. The first kappa shape index (κ1) is 15.3. The lowest BCUT2D eigenvalue weighted by Crippen LogP contribution is -2.49. The van der Waals surface area contributed by atoms with Crippen molar-refractivity contribution >= 4 is 5.97 Å². The van der Waals surface area contributed by atoms with Crippen molar-refractivity contribution in [1.29, 1.82) is 0 Å². The monoisotopic (exact) mass is 280 g/mol. The normalized spacial score (nSPS) is 12.1. The molecule has 0 unspecified atom stereocenters. The third-order valence-corrected chi connectivity index (χ3v) is 2.17. The number of esters is 1. The van der Waals surface area contributed by atoms with Crippen LogP contribution in [0.5, 0.6) is 5.75 Å². The molecule has 0 bridgehead atoms. The highest BCUT2D eigenvalue weighted by atomic mass is 19.4. The SMILES string of the molecule is COC(=O)c1ccc(OCC(O)(O)C(F)(F)F)cc1. The molecule has 0 aliphatic rings. The maximum absolute atomic E-state index is 12.1. The Kier molecular flexibility index (Phi) is 4.38. The molecule has 0 spiro atoms. The Labute approximate surface area is 106 Å². The van der Waals surface area contributed by atoms with E-state index in [2.05, 4.69) is 9.47 Å². The summed E-state index contributed by atoms with van der Waals surface area (Å²) < 4.78 is 45.4. The first-order valence-electron chi connectivity index (χ1n) is 5.00. The largest absolute Gasteiger partial charge is 0.488 e. The van der Waals surface area contributed by atoms with E-state index >= 15 is 0 Å². The van der Waals surface area contributed by atoms with Crippen molar-refractivity contribution in [3.05, 3.63) is 29.8 Å². The molecule has 0 heterocycles. The number of alkyl halides is 3. The van der Waals surface area contributed by atoms with Gasteiger partial charge in [-0.2, -0.15) is 13.2 Å². The summed E-state index contributed by atoms with van der Waals surface area (Å²) in [6, 6.07) is 4.95. The van der Waals surface area contributed by atoms with E-state index in [-0.39, 0.29) is 11.3 Å². The standard InChI is InChI=1S/C11H11F3O5/c1-18-9(15)7-2-4-8(5-3-7)19-6-10(16,17)11(12,13)14/h2-5,16-17H,6H2,1H3. The average molecular weight is 280 g/mol. The number of aliphatic hydroxyl groups is 2. The van der Waals surface area contributed by atoms with Crippen LogP contribution < -0.4 is 4.74 Å². The van der Waals surface area contributed by atoms with Gasteiger partial charge >= 0.3 is 12.1 Å². The molecule has 1 aromatic carbocycles. The fraction of sp³-hybridized carbons (Fsp3) is 0.364. The fourth-order valence-electron chi connectivity index (χ4n) is 1.07. The van der Waals surface area contributed by atoms with Gasteiger partial charge in [-0.05, 0) is 24.3 Å². The highest BCUT2D eigenvalue weighted by Gasteiger charge is 2.53. The van der Waals surface area contributed by atoms with Crippen LogP contribution in [0.2, 0.25) is 0 Å². The highest BCUT2D eigenvalue weighted by Crippen LogP contribution is 2.28. The molecule has 0 atom stereocenters. The minimum Gasteiger partial charge on any atom is -0.488 e. The van der Waals surface area contributed by atoms with Crippen molar-refractivity contribution in [2.75, 3.05) is 13.7 Å². The number of methoxy groups -OCH3 is 1. The van der Waals surface area contributed by atoms with E-state index in [9.17, 15) is 18.0 Å². The summed E-state index contributed by atoms with van der Waals surface area (Å²) in [6.45, 7) is -1.38. The quantitative estimate of drug-likeness (QED) is 0.638. The van der Waals surface area contributed by atoms with Gasteiger partial charge in [-0.1, -0.05) is 0 Å². The smallest absolute Gasteiger partial charge is 0.446 e. The van der Waals surface area contributed by atoms with E-state index in [0.29, 0.717) is 0 Å². The van der Waals surface area contributed by atoms with Gasteiger partial charge in [0.1, 0.15) is 5.75 Å². The minimum atomic E-state index is -5.22. The van der Waals surface area contributed by atoms with Gasteiger partial charge in [-0.3, -0.25) is 0 Å². The van der Waals surface area contributed by atoms with Crippen LogP contribution in [-0.2, 0) is 4.74 Å². The van der Waals surface area contributed by atoms with E-state index in [1.165, 1.54) is 31.4 Å². The van der Waals surface area contributed by atoms with Gasteiger partial charge in [-0.15, -0.1) is 0 Å². The third kappa shape index (κ3) is 3.83. The van der Waals surface area contributed by atoms with Crippen molar-refractivity contribution in [3.63, 3.8) is 0 Å². The van der Waals surface area contributed by atoms with Crippen LogP contribution in [0.1, 0.15) is 10.4 Å². The molecule has 106 valence electrons. The summed E-state index contributed by atoms with van der Waals surface area (Å²) in [5.41, 5.74) is 0.185. The summed E-state index contributed by atoms with van der Waals surface area (Å²) in [5, 5.41) is 17.4. The number of carbonyl (C=O) groups excluding carboxylic acids is 1. The van der Waals surface area contributed by atoms with Crippen LogP contribution in [0, 0.1) is 0 Å². The van der Waals surface area contributed by atoms with Crippen LogP contribution >= 0.6 is 0 Å². The number of hydrogen-bond acceptors (Lipinski definition) is 5. The molecule has 0 amide bonds. The zero-order valence-electron chi connectivity index (χ0n) is 9.77. The van der Waals surface area contributed by atoms with E-state index < -0.39 is 24.5 Å². The second-order valence-electron chi connectivity index (χ2n) is 3.62. The molecular weight excluding hydrogens is 269 g/mol. The van der Waals surface area contributed by atoms with Crippen LogP contribution in [0.4, 0.5) is 13.2 Å². The van der Waals surface area contributed by atoms with Crippen LogP contribution in [-0.4, -0.2) is 41.9 Å². The zero-order chi connectivity index (χ0) is 14.7. The average Bonchev–Trinajstić information content (AvgIpc) is 2.35. The Morgan fingerprint density at radius 1 is 1.21 bits per heavy atom. The first-order chi connectivity index (χ1) is 8.67. The van der Waals surface area contributed by atoms with E-state index in [1.54, 1.807) is 0 Å². The predicted octanol–water partition coefficient (Wildman–Crippen LogP) is 1.10. The van der Waals surface area contributed by atoms with Crippen molar-refractivity contribution in [1.82, 2.24) is 0 Å². The molecule has 5 nitrogen and oxygen atoms in total. The topological polar surface area (TPSA) is 76.0 Å². The zero-order valence-corrected chi connectivity index (χ0v) is 9.77. The molecule has 0 fully saturated rings. The molecule has 0 aliphatic carbocycles. The fourth-order valence-corrected chi connectivity index (χ4v) is 1.07. The Balaban J connectivity index is 2.67. The highest BCUT2D eigenvalue weighted by molar-refractivity contribution is 5.89. The third-order valence-electron chi connectivity index (χ3n) is 2.17. The lowest BCUT2D eigenvalue weighted by atomic mass is 10.2. The second kappa shape index (κ2) is 5.45. The molecule has 2 N–H and O–H groups in total. The van der Waals surface area contributed by atoms with E-state index in [0.717, 1.165) is 0 Å². The Morgan fingerprint density at radius 3 is 2.16 bits per heavy atom. The molecule has 0 radical (unpaired) electrons. The lowest BCUT2D eigenvalue weighted by Gasteiger charge is -2.24. The van der Waals surface area contributed by atoms with Crippen molar-refractivity contribution in [2.24, 2.45) is 0 Å². The Bertz CT molecular complexity index is 439. The Hall–Kier alpha value is -1.80. The van der Waals surface area contributed by atoms with E-state index in [4.69, 9.17) is 10.2 Å². The van der Waals surface area contributed by atoms with Gasteiger partial charge in [0.15, 0.2) is 6.61 Å². The molecule has 1 rings (SSSR count). The maximum Gasteiger partial charge on any atom is 0.446 e. The van der Waals surface area contributed by atoms with Gasteiger partial charge in [0.05, 0.1) is 12.7 Å². The molecule has 0 aromatic heterocycles. The number of carbonyl (C=O) groups is 1. The van der Waals surface area contributed by atoms with Crippen LogP contribution in [0.15, 0.2) is 24.3 Å². The number of halogens is 3. The molecule has 0 aliphatic heterocycles. The molecule has 0 saturated carbocycles. The van der Waals surface area contributed by atoms with Gasteiger partial charge in [0, 0.05) is 0 Å². The van der Waals surface area contributed by atoms with Crippen molar-refractivity contribution < 1.29 is 37.7 Å². The van der Waals surface area contributed by atoms with E-state index in [1.807, 2.05) is 0 Å². The van der Waals surface area contributed by atoms with Crippen LogP contribution in [0.25, 0.3) is 0 Å². The summed E-state index contributed by atoms with van der Waals surface area (Å²) in [5.74, 6) is -4.60. The molecule has 1 aromatic rings. The minimum absolute atomic E-state index is 0.0515. The number of rotatable bonds is 4. The van der Waals surface area contributed by atoms with Gasteiger partial charge in [0.2, 0.25) is 0 Å². The summed E-state index contributed by atoms with van der Waals surface area (Å²) in [7, 11) is 1.18. The molecule has 0 saturated heterocycles. The molecule has 8 heteroatoms. The summed E-state index contributed by atoms with van der Waals surface area (Å²) in [6.07, 6.45) is -5.22.